The lowest BCUT2D eigenvalue weighted by atomic mass is 10.0. The van der Waals surface area contributed by atoms with E-state index >= 15 is 0 Å². The number of methoxy groups -OCH3 is 1. The smallest absolute Gasteiger partial charge is 0.305 e. The Balaban J connectivity index is 2.43. The van der Waals surface area contributed by atoms with Gasteiger partial charge in [-0.1, -0.05) is 0 Å². The van der Waals surface area contributed by atoms with Gasteiger partial charge in [-0.25, -0.2) is 12.7 Å². The lowest BCUT2D eigenvalue weighted by Gasteiger charge is -2.17. The summed E-state index contributed by atoms with van der Waals surface area (Å²) in [4.78, 5) is 10.9. The molecule has 2 atom stereocenters. The summed E-state index contributed by atoms with van der Waals surface area (Å²) in [6.07, 6.45) is 1.25. The fourth-order valence-corrected chi connectivity index (χ4v) is 3.64. The molecule has 0 amide bonds. The molecule has 106 valence electrons. The van der Waals surface area contributed by atoms with E-state index < -0.39 is 10.0 Å². The zero-order valence-electron chi connectivity index (χ0n) is 11.0. The topological polar surface area (TPSA) is 89.7 Å². The van der Waals surface area contributed by atoms with Gasteiger partial charge in [0.25, 0.3) is 0 Å². The number of hydrogen-bond donors (Lipinski definition) is 1. The average Bonchev–Trinajstić information content (AvgIpc) is 2.78. The van der Waals surface area contributed by atoms with E-state index in [0.29, 0.717) is 19.5 Å². The van der Waals surface area contributed by atoms with Gasteiger partial charge in [0, 0.05) is 25.6 Å². The van der Waals surface area contributed by atoms with Crippen LogP contribution in [0.25, 0.3) is 0 Å². The van der Waals surface area contributed by atoms with Gasteiger partial charge in [0.1, 0.15) is 0 Å². The maximum Gasteiger partial charge on any atom is 0.305 e. The maximum absolute atomic E-state index is 12.0. The van der Waals surface area contributed by atoms with E-state index in [-0.39, 0.29) is 30.1 Å². The minimum atomic E-state index is -3.26. The lowest BCUT2D eigenvalue weighted by molar-refractivity contribution is -0.140. The largest absolute Gasteiger partial charge is 0.469 e. The molecule has 6 nitrogen and oxygen atoms in total. The third kappa shape index (κ3) is 4.22. The van der Waals surface area contributed by atoms with E-state index in [1.54, 1.807) is 0 Å². The highest BCUT2D eigenvalue weighted by molar-refractivity contribution is 7.89. The van der Waals surface area contributed by atoms with Gasteiger partial charge >= 0.3 is 5.97 Å². The summed E-state index contributed by atoms with van der Waals surface area (Å²) < 4.78 is 30.0. The van der Waals surface area contributed by atoms with E-state index in [2.05, 4.69) is 4.74 Å². The molecule has 18 heavy (non-hydrogen) atoms. The summed E-state index contributed by atoms with van der Waals surface area (Å²) in [7, 11) is -1.96. The van der Waals surface area contributed by atoms with Crippen LogP contribution in [0.3, 0.4) is 0 Å². The van der Waals surface area contributed by atoms with Gasteiger partial charge in [-0.2, -0.15) is 0 Å². The lowest BCUT2D eigenvalue weighted by Crippen LogP contribution is -2.34. The molecule has 1 fully saturated rings. The molecule has 0 spiro atoms. The second-order valence-electron chi connectivity index (χ2n) is 4.76. The third-order valence-corrected chi connectivity index (χ3v) is 5.26. The molecule has 0 aromatic carbocycles. The molecule has 0 saturated carbocycles. The summed E-state index contributed by atoms with van der Waals surface area (Å²) >= 11 is 0. The van der Waals surface area contributed by atoms with Gasteiger partial charge in [-0.05, 0) is 25.7 Å². The molecule has 1 heterocycles. The summed E-state index contributed by atoms with van der Waals surface area (Å²) in [5.74, 6) is -0.145. The van der Waals surface area contributed by atoms with Crippen molar-refractivity contribution in [2.45, 2.75) is 32.2 Å². The fourth-order valence-electron chi connectivity index (χ4n) is 2.07. The Morgan fingerprint density at radius 3 is 2.72 bits per heavy atom. The summed E-state index contributed by atoms with van der Waals surface area (Å²) in [5, 5.41) is 0. The molecule has 0 aliphatic carbocycles. The van der Waals surface area contributed by atoms with Crippen molar-refractivity contribution in [3.8, 4) is 0 Å². The van der Waals surface area contributed by atoms with Crippen molar-refractivity contribution in [3.63, 3.8) is 0 Å². The average molecular weight is 278 g/mol. The second-order valence-corrected chi connectivity index (χ2v) is 6.85. The van der Waals surface area contributed by atoms with Gasteiger partial charge in [-0.3, -0.25) is 4.79 Å². The Labute approximate surface area is 109 Å². The highest BCUT2D eigenvalue weighted by Gasteiger charge is 2.32. The molecule has 2 N–H and O–H groups in total. The third-order valence-electron chi connectivity index (χ3n) is 3.34. The maximum atomic E-state index is 12.0. The first-order chi connectivity index (χ1) is 8.36. The Morgan fingerprint density at radius 1 is 1.56 bits per heavy atom. The van der Waals surface area contributed by atoms with Gasteiger partial charge in [0.2, 0.25) is 10.0 Å². The van der Waals surface area contributed by atoms with Gasteiger partial charge in [-0.15, -0.1) is 0 Å². The summed E-state index contributed by atoms with van der Waals surface area (Å²) in [6.45, 7) is 2.93. The van der Waals surface area contributed by atoms with E-state index in [4.69, 9.17) is 5.73 Å². The molecule has 0 bridgehead atoms. The van der Waals surface area contributed by atoms with Crippen LogP contribution in [0.4, 0.5) is 0 Å². The van der Waals surface area contributed by atoms with Crippen molar-refractivity contribution < 1.29 is 17.9 Å². The number of rotatable bonds is 6. The predicted molar refractivity (Wildman–Crippen MR) is 68.4 cm³/mol. The second kappa shape index (κ2) is 6.49. The van der Waals surface area contributed by atoms with Crippen molar-refractivity contribution in [3.05, 3.63) is 0 Å². The Kier molecular flexibility index (Phi) is 5.55. The monoisotopic (exact) mass is 278 g/mol. The molecule has 0 aromatic heterocycles. The number of sulfonamides is 1. The summed E-state index contributed by atoms with van der Waals surface area (Å²) in [5.41, 5.74) is 5.78. The van der Waals surface area contributed by atoms with Gasteiger partial charge < -0.3 is 10.5 Å². The van der Waals surface area contributed by atoms with Crippen LogP contribution in [0.5, 0.6) is 0 Å². The van der Waals surface area contributed by atoms with Crippen LogP contribution >= 0.6 is 0 Å². The zero-order chi connectivity index (χ0) is 13.8. The first-order valence-corrected chi connectivity index (χ1v) is 7.78. The standard InChI is InChI=1S/C11H22N2O4S/c1-9(12)10-5-6-13(8-10)18(15,16)7-3-4-11(14)17-2/h9-10H,3-8,12H2,1-2H3. The van der Waals surface area contributed by atoms with Crippen LogP contribution in [0.15, 0.2) is 0 Å². The molecule has 1 saturated heterocycles. The van der Waals surface area contributed by atoms with Crippen LogP contribution in [0.1, 0.15) is 26.2 Å². The first kappa shape index (κ1) is 15.4. The number of nitrogens with zero attached hydrogens (tertiary/aromatic N) is 1. The number of ether oxygens (including phenoxy) is 1. The van der Waals surface area contributed by atoms with Crippen LogP contribution in [0, 0.1) is 5.92 Å². The first-order valence-electron chi connectivity index (χ1n) is 6.17. The Bertz CT molecular complexity index is 381. The number of nitrogens with two attached hydrogens (primary N) is 1. The molecule has 2 unspecified atom stereocenters. The van der Waals surface area contributed by atoms with Gasteiger partial charge in [0.05, 0.1) is 12.9 Å². The molecule has 1 aliphatic rings. The quantitative estimate of drug-likeness (QED) is 0.687. The normalized spacial score (nSPS) is 22.9. The predicted octanol–water partition coefficient (Wildman–Crippen LogP) is -0.0615. The van der Waals surface area contributed by atoms with E-state index in [1.807, 2.05) is 6.92 Å². The molecule has 7 heteroatoms. The molecule has 1 aliphatic heterocycles. The van der Waals surface area contributed by atoms with Crippen LogP contribution in [-0.2, 0) is 19.6 Å². The molecule has 0 radical (unpaired) electrons. The molecule has 1 rings (SSSR count). The Hall–Kier alpha value is -0.660. The van der Waals surface area contributed by atoms with Crippen LogP contribution < -0.4 is 5.73 Å². The van der Waals surface area contributed by atoms with Crippen molar-refractivity contribution in [2.75, 3.05) is 26.0 Å². The Morgan fingerprint density at radius 2 is 2.22 bits per heavy atom. The van der Waals surface area contributed by atoms with Crippen LogP contribution in [0.2, 0.25) is 0 Å². The zero-order valence-corrected chi connectivity index (χ0v) is 11.8. The van der Waals surface area contributed by atoms with E-state index in [0.717, 1.165) is 6.42 Å². The summed E-state index contributed by atoms with van der Waals surface area (Å²) in [6, 6.07) is 0.0141. The number of carbonyl (C=O) groups is 1. The molecule has 0 aromatic rings. The van der Waals surface area contributed by atoms with E-state index in [1.165, 1.54) is 11.4 Å². The fraction of sp³-hybridized carbons (Fsp3) is 0.909. The minimum absolute atomic E-state index is 0.00618. The highest BCUT2D eigenvalue weighted by Crippen LogP contribution is 2.22. The van der Waals surface area contributed by atoms with Crippen molar-refractivity contribution in [1.29, 1.82) is 0 Å². The van der Waals surface area contributed by atoms with Crippen molar-refractivity contribution >= 4 is 16.0 Å². The SMILES string of the molecule is COC(=O)CCCS(=O)(=O)N1CCC(C(C)N)C1. The number of esters is 1. The molecular weight excluding hydrogens is 256 g/mol. The van der Waals surface area contributed by atoms with Crippen molar-refractivity contribution in [1.82, 2.24) is 4.31 Å². The highest BCUT2D eigenvalue weighted by atomic mass is 32.2. The van der Waals surface area contributed by atoms with E-state index in [9.17, 15) is 13.2 Å². The van der Waals surface area contributed by atoms with Crippen molar-refractivity contribution in [2.24, 2.45) is 11.7 Å². The minimum Gasteiger partial charge on any atom is -0.469 e. The molecular formula is C11H22N2O4S. The number of carbonyl (C=O) groups excluding carboxylic acids is 1. The van der Waals surface area contributed by atoms with Crippen LogP contribution in [-0.4, -0.2) is 50.7 Å². The van der Waals surface area contributed by atoms with Gasteiger partial charge in [0.15, 0.2) is 0 Å². The number of hydrogen-bond acceptors (Lipinski definition) is 5.